The maximum atomic E-state index is 5.96. The van der Waals surface area contributed by atoms with Crippen molar-refractivity contribution in [3.05, 3.63) is 41.5 Å². The van der Waals surface area contributed by atoms with Gasteiger partial charge in [0.05, 0.1) is 26.8 Å². The number of rotatable bonds is 5. The molecule has 4 N–H and O–H groups in total. The van der Waals surface area contributed by atoms with E-state index < -0.39 is 0 Å². The van der Waals surface area contributed by atoms with Crippen molar-refractivity contribution >= 4 is 22.7 Å². The van der Waals surface area contributed by atoms with Gasteiger partial charge in [-0.1, -0.05) is 6.07 Å². The lowest BCUT2D eigenvalue weighted by atomic mass is 10.0. The Balaban J connectivity index is 2.01. The van der Waals surface area contributed by atoms with Gasteiger partial charge in [-0.3, -0.25) is 0 Å². The minimum atomic E-state index is 0.169. The van der Waals surface area contributed by atoms with Crippen molar-refractivity contribution in [2.24, 2.45) is 0 Å². The molecule has 2 aromatic carbocycles. The maximum Gasteiger partial charge on any atom is 0.222 e. The van der Waals surface area contributed by atoms with Gasteiger partial charge in [0.2, 0.25) is 11.7 Å². The molecule has 130 valence electrons. The molecule has 1 heterocycles. The molecule has 0 spiro atoms. The van der Waals surface area contributed by atoms with Crippen LogP contribution in [0.4, 0.5) is 11.8 Å². The Hall–Kier alpha value is -3.22. The molecule has 0 saturated heterocycles. The number of benzene rings is 2. The number of fused-ring (bicyclic) bond motifs is 1. The maximum absolute atomic E-state index is 5.96. The van der Waals surface area contributed by atoms with E-state index in [-0.39, 0.29) is 5.95 Å². The van der Waals surface area contributed by atoms with Crippen LogP contribution in [0, 0.1) is 0 Å². The van der Waals surface area contributed by atoms with E-state index in [9.17, 15) is 0 Å². The summed E-state index contributed by atoms with van der Waals surface area (Å²) in [5.41, 5.74) is 14.4. The highest BCUT2D eigenvalue weighted by Crippen LogP contribution is 2.38. The molecule has 3 rings (SSSR count). The largest absolute Gasteiger partial charge is 0.493 e. The predicted octanol–water partition coefficient (Wildman–Crippen LogP) is 2.41. The summed E-state index contributed by atoms with van der Waals surface area (Å²) in [6, 6.07) is 9.69. The van der Waals surface area contributed by atoms with Crippen LogP contribution in [0.15, 0.2) is 30.3 Å². The Morgan fingerprint density at radius 1 is 0.840 bits per heavy atom. The Morgan fingerprint density at radius 3 is 2.12 bits per heavy atom. The number of nitrogens with zero attached hydrogens (tertiary/aromatic N) is 2. The predicted molar refractivity (Wildman–Crippen MR) is 97.3 cm³/mol. The van der Waals surface area contributed by atoms with Gasteiger partial charge in [0, 0.05) is 5.39 Å². The van der Waals surface area contributed by atoms with E-state index in [0.717, 1.165) is 22.0 Å². The highest BCUT2D eigenvalue weighted by atomic mass is 16.5. The molecule has 25 heavy (non-hydrogen) atoms. The first kappa shape index (κ1) is 16.6. The summed E-state index contributed by atoms with van der Waals surface area (Å²) in [7, 11) is 4.77. The summed E-state index contributed by atoms with van der Waals surface area (Å²) in [6.07, 6.45) is 0.663. The van der Waals surface area contributed by atoms with Crippen LogP contribution < -0.4 is 25.7 Å². The quantitative estimate of drug-likeness (QED) is 0.734. The van der Waals surface area contributed by atoms with E-state index in [1.165, 1.54) is 0 Å². The molecule has 0 amide bonds. The summed E-state index contributed by atoms with van der Waals surface area (Å²) in [4.78, 5) is 8.21. The van der Waals surface area contributed by atoms with Gasteiger partial charge in [0.25, 0.3) is 0 Å². The smallest absolute Gasteiger partial charge is 0.222 e. The molecule has 7 nitrogen and oxygen atoms in total. The van der Waals surface area contributed by atoms with Crippen LogP contribution in [0.2, 0.25) is 0 Å². The number of ether oxygens (including phenoxy) is 3. The average Bonchev–Trinajstić information content (AvgIpc) is 2.61. The molecule has 0 saturated carbocycles. The van der Waals surface area contributed by atoms with Gasteiger partial charge in [-0.15, -0.1) is 0 Å². The first-order chi connectivity index (χ1) is 12.0. The van der Waals surface area contributed by atoms with Crippen LogP contribution in [-0.4, -0.2) is 31.3 Å². The summed E-state index contributed by atoms with van der Waals surface area (Å²) in [5, 5.41) is 0.777. The zero-order valence-electron chi connectivity index (χ0n) is 14.4. The molecule has 7 heteroatoms. The summed E-state index contributed by atoms with van der Waals surface area (Å²) < 4.78 is 16.2. The summed E-state index contributed by atoms with van der Waals surface area (Å²) in [6.45, 7) is 0. The first-order valence-corrected chi connectivity index (χ1v) is 7.66. The van der Waals surface area contributed by atoms with Gasteiger partial charge in [-0.25, -0.2) is 4.98 Å². The fourth-order valence-corrected chi connectivity index (χ4v) is 2.80. The Labute approximate surface area is 145 Å². The van der Waals surface area contributed by atoms with E-state index in [0.29, 0.717) is 29.5 Å². The van der Waals surface area contributed by atoms with Crippen LogP contribution in [0.3, 0.4) is 0 Å². The van der Waals surface area contributed by atoms with Gasteiger partial charge in [0.15, 0.2) is 11.5 Å². The molecular weight excluding hydrogens is 320 g/mol. The number of aromatic nitrogens is 2. The van der Waals surface area contributed by atoms with Crippen LogP contribution >= 0.6 is 0 Å². The molecule has 0 bridgehead atoms. The highest BCUT2D eigenvalue weighted by Gasteiger charge is 2.14. The van der Waals surface area contributed by atoms with Crippen molar-refractivity contribution in [2.45, 2.75) is 6.42 Å². The molecule has 0 fully saturated rings. The summed E-state index contributed by atoms with van der Waals surface area (Å²) in [5.74, 6) is 2.35. The third kappa shape index (κ3) is 3.21. The first-order valence-electron chi connectivity index (χ1n) is 7.66. The fraction of sp³-hybridized carbons (Fsp3) is 0.222. The molecule has 0 aliphatic carbocycles. The van der Waals surface area contributed by atoms with Gasteiger partial charge < -0.3 is 25.7 Å². The zero-order chi connectivity index (χ0) is 18.0. The third-order valence-electron chi connectivity index (χ3n) is 3.94. The normalized spacial score (nSPS) is 10.7. The molecule has 3 aromatic rings. The number of anilines is 2. The highest BCUT2D eigenvalue weighted by molar-refractivity contribution is 5.89. The topological polar surface area (TPSA) is 106 Å². The Bertz CT molecular complexity index is 903. The van der Waals surface area contributed by atoms with E-state index in [4.69, 9.17) is 25.7 Å². The second-order valence-corrected chi connectivity index (χ2v) is 5.53. The number of methoxy groups -OCH3 is 3. The van der Waals surface area contributed by atoms with E-state index in [2.05, 4.69) is 9.97 Å². The van der Waals surface area contributed by atoms with Crippen molar-refractivity contribution in [2.75, 3.05) is 32.8 Å². The molecule has 1 aromatic heterocycles. The lowest BCUT2D eigenvalue weighted by Gasteiger charge is -2.14. The Morgan fingerprint density at radius 2 is 1.52 bits per heavy atom. The number of nitrogen functional groups attached to an aromatic ring is 2. The van der Waals surface area contributed by atoms with Crippen molar-refractivity contribution in [1.82, 2.24) is 9.97 Å². The van der Waals surface area contributed by atoms with Gasteiger partial charge in [-0.05, 0) is 41.8 Å². The van der Waals surface area contributed by atoms with Gasteiger partial charge in [0.1, 0.15) is 5.82 Å². The monoisotopic (exact) mass is 340 g/mol. The Kier molecular flexibility index (Phi) is 4.47. The standard InChI is InChI=1S/C18H20N4O3/c1-23-14-8-11(9-15(24-2)16(14)25-3)6-10-4-5-13-12(7-10)17(19)22-18(20)21-13/h4-5,7-9H,6H2,1-3H3,(H4,19,20,21,22). The van der Waals surface area contributed by atoms with Crippen LogP contribution in [-0.2, 0) is 6.42 Å². The number of nitrogens with two attached hydrogens (primary N) is 2. The number of hydrogen-bond acceptors (Lipinski definition) is 7. The van der Waals surface area contributed by atoms with E-state index in [1.807, 2.05) is 30.3 Å². The molecule has 0 radical (unpaired) electrons. The van der Waals surface area contributed by atoms with Crippen LogP contribution in [0.25, 0.3) is 10.9 Å². The number of hydrogen-bond donors (Lipinski definition) is 2. The van der Waals surface area contributed by atoms with Crippen LogP contribution in [0.1, 0.15) is 11.1 Å². The van der Waals surface area contributed by atoms with E-state index in [1.54, 1.807) is 21.3 Å². The minimum Gasteiger partial charge on any atom is -0.493 e. The molecule has 0 aliphatic heterocycles. The van der Waals surface area contributed by atoms with Crippen molar-refractivity contribution in [1.29, 1.82) is 0 Å². The lowest BCUT2D eigenvalue weighted by molar-refractivity contribution is 0.324. The van der Waals surface area contributed by atoms with Crippen LogP contribution in [0.5, 0.6) is 17.2 Å². The molecule has 0 atom stereocenters. The van der Waals surface area contributed by atoms with Crippen molar-refractivity contribution in [3.8, 4) is 17.2 Å². The molecular formula is C18H20N4O3. The fourth-order valence-electron chi connectivity index (χ4n) is 2.80. The second kappa shape index (κ2) is 6.72. The zero-order valence-corrected chi connectivity index (χ0v) is 14.4. The minimum absolute atomic E-state index is 0.169. The van der Waals surface area contributed by atoms with Gasteiger partial charge in [-0.2, -0.15) is 4.98 Å². The third-order valence-corrected chi connectivity index (χ3v) is 3.94. The van der Waals surface area contributed by atoms with E-state index >= 15 is 0 Å². The lowest BCUT2D eigenvalue weighted by Crippen LogP contribution is -2.01. The van der Waals surface area contributed by atoms with Gasteiger partial charge >= 0.3 is 0 Å². The van der Waals surface area contributed by atoms with Crippen molar-refractivity contribution in [3.63, 3.8) is 0 Å². The SMILES string of the molecule is COc1cc(Cc2ccc3nc(N)nc(N)c3c2)cc(OC)c1OC. The summed E-state index contributed by atoms with van der Waals surface area (Å²) >= 11 is 0. The molecule has 0 aliphatic rings. The molecule has 0 unspecified atom stereocenters. The van der Waals surface area contributed by atoms with Crippen molar-refractivity contribution < 1.29 is 14.2 Å². The second-order valence-electron chi connectivity index (χ2n) is 5.53. The average molecular weight is 340 g/mol.